The number of nitriles is 2. The lowest BCUT2D eigenvalue weighted by molar-refractivity contribution is 0.981. The van der Waals surface area contributed by atoms with E-state index in [4.69, 9.17) is 5.73 Å². The number of nitrogens with two attached hydrogens (primary N) is 1. The second-order valence-electron chi connectivity index (χ2n) is 6.20. The quantitative estimate of drug-likeness (QED) is 0.567. The van der Waals surface area contributed by atoms with Gasteiger partial charge in [0.1, 0.15) is 29.1 Å². The Balaban J connectivity index is 2.08. The van der Waals surface area contributed by atoms with Gasteiger partial charge in [-0.25, -0.2) is 9.55 Å². The smallest absolute Gasteiger partial charge is 0.277 e. The number of para-hydroxylation sites is 1. The summed E-state index contributed by atoms with van der Waals surface area (Å²) in [6.45, 7) is 1.93. The van der Waals surface area contributed by atoms with E-state index in [2.05, 4.69) is 11.1 Å². The molecule has 0 amide bonds. The zero-order valence-corrected chi connectivity index (χ0v) is 15.6. The Morgan fingerprint density at radius 1 is 1.04 bits per heavy atom. The Kier molecular flexibility index (Phi) is 4.15. The minimum atomic E-state index is -0.589. The van der Waals surface area contributed by atoms with E-state index >= 15 is 0 Å². The van der Waals surface area contributed by atoms with E-state index in [9.17, 15) is 15.3 Å². The average Bonchev–Trinajstić information content (AvgIpc) is 3.12. The molecule has 0 aliphatic heterocycles. The van der Waals surface area contributed by atoms with Crippen LogP contribution in [0.3, 0.4) is 0 Å². The summed E-state index contributed by atoms with van der Waals surface area (Å²) < 4.78 is 2.03. The SMILES string of the molecule is Cc1ccc(-c2c(C#N)c(N)n(-c3nc4ccccc4s3)c(=O)c2C#N)cc1. The van der Waals surface area contributed by atoms with Gasteiger partial charge in [0.2, 0.25) is 0 Å². The molecular weight excluding hydrogens is 370 g/mol. The molecule has 0 saturated carbocycles. The van der Waals surface area contributed by atoms with Gasteiger partial charge in [-0.2, -0.15) is 10.5 Å². The molecule has 2 N–H and O–H groups in total. The van der Waals surface area contributed by atoms with Crippen LogP contribution in [0, 0.1) is 29.6 Å². The monoisotopic (exact) mass is 383 g/mol. The molecule has 0 spiro atoms. The van der Waals surface area contributed by atoms with Crippen molar-refractivity contribution in [2.75, 3.05) is 5.73 Å². The molecule has 0 bridgehead atoms. The summed E-state index contributed by atoms with van der Waals surface area (Å²) in [5.41, 5.74) is 8.19. The number of benzene rings is 2. The molecule has 2 heterocycles. The van der Waals surface area contributed by atoms with Crippen molar-refractivity contribution in [3.63, 3.8) is 0 Å². The number of aryl methyl sites for hydroxylation is 1. The number of anilines is 1. The molecule has 0 aliphatic carbocycles. The predicted molar refractivity (Wildman–Crippen MR) is 109 cm³/mol. The third kappa shape index (κ3) is 2.62. The van der Waals surface area contributed by atoms with Crippen LogP contribution in [0.15, 0.2) is 53.3 Å². The fourth-order valence-electron chi connectivity index (χ4n) is 3.06. The van der Waals surface area contributed by atoms with E-state index in [0.29, 0.717) is 16.2 Å². The van der Waals surface area contributed by atoms with E-state index in [1.54, 1.807) is 12.1 Å². The van der Waals surface area contributed by atoms with E-state index in [0.717, 1.165) is 14.8 Å². The van der Waals surface area contributed by atoms with Gasteiger partial charge >= 0.3 is 0 Å². The number of rotatable bonds is 2. The predicted octanol–water partition coefficient (Wildman–Crippen LogP) is 3.75. The van der Waals surface area contributed by atoms with Crippen LogP contribution in [0.2, 0.25) is 0 Å². The van der Waals surface area contributed by atoms with Gasteiger partial charge in [0.15, 0.2) is 5.13 Å². The number of hydrogen-bond acceptors (Lipinski definition) is 6. The van der Waals surface area contributed by atoms with Crippen LogP contribution in [-0.4, -0.2) is 9.55 Å². The average molecular weight is 383 g/mol. The summed E-state index contributed by atoms with van der Waals surface area (Å²) in [5.74, 6) is -0.0267. The first-order valence-corrected chi connectivity index (χ1v) is 9.18. The molecule has 0 unspecified atom stereocenters. The van der Waals surface area contributed by atoms with Crippen LogP contribution < -0.4 is 11.3 Å². The normalized spacial score (nSPS) is 10.5. The van der Waals surface area contributed by atoms with Crippen LogP contribution in [0.5, 0.6) is 0 Å². The minimum absolute atomic E-state index is 0.0267. The third-order valence-electron chi connectivity index (χ3n) is 4.45. The Labute approximate surface area is 164 Å². The Hall–Kier alpha value is -3.94. The van der Waals surface area contributed by atoms with E-state index in [1.807, 2.05) is 49.4 Å². The highest BCUT2D eigenvalue weighted by molar-refractivity contribution is 7.20. The number of nitrogens with zero attached hydrogens (tertiary/aromatic N) is 4. The molecule has 2 aromatic carbocycles. The summed E-state index contributed by atoms with van der Waals surface area (Å²) >= 11 is 1.27. The van der Waals surface area contributed by atoms with Gasteiger partial charge in [-0.1, -0.05) is 53.3 Å². The van der Waals surface area contributed by atoms with Gasteiger partial charge in [0.05, 0.1) is 10.2 Å². The Morgan fingerprint density at radius 2 is 1.71 bits per heavy atom. The molecule has 0 saturated heterocycles. The summed E-state index contributed by atoms with van der Waals surface area (Å²) in [6, 6.07) is 18.7. The highest BCUT2D eigenvalue weighted by Crippen LogP contribution is 2.32. The van der Waals surface area contributed by atoms with Crippen LogP contribution in [0.25, 0.3) is 26.5 Å². The summed E-state index contributed by atoms with van der Waals surface area (Å²) in [5, 5.41) is 19.8. The van der Waals surface area contributed by atoms with Gasteiger partial charge in [-0.3, -0.25) is 4.79 Å². The van der Waals surface area contributed by atoms with Crippen molar-refractivity contribution in [2.24, 2.45) is 0 Å². The molecule has 28 heavy (non-hydrogen) atoms. The van der Waals surface area contributed by atoms with Gasteiger partial charge in [0, 0.05) is 5.56 Å². The molecule has 6 nitrogen and oxygen atoms in total. The third-order valence-corrected chi connectivity index (χ3v) is 5.47. The lowest BCUT2D eigenvalue weighted by Gasteiger charge is -2.14. The molecular formula is C21H13N5OS. The standard InChI is InChI=1S/C21H13N5OS/c1-12-6-8-13(9-7-12)18-14(10-22)19(24)26(20(27)15(18)11-23)21-25-16-4-2-3-5-17(16)28-21/h2-9H,24H2,1H3. The topological polar surface area (TPSA) is 108 Å². The highest BCUT2D eigenvalue weighted by Gasteiger charge is 2.24. The maximum Gasteiger partial charge on any atom is 0.277 e. The second kappa shape index (κ2) is 6.66. The summed E-state index contributed by atoms with van der Waals surface area (Å²) in [6.07, 6.45) is 0. The van der Waals surface area contributed by atoms with Crippen molar-refractivity contribution < 1.29 is 0 Å². The lowest BCUT2D eigenvalue weighted by Crippen LogP contribution is -2.26. The van der Waals surface area contributed by atoms with Crippen LogP contribution in [-0.2, 0) is 0 Å². The van der Waals surface area contributed by atoms with Crippen molar-refractivity contribution in [3.05, 3.63) is 75.6 Å². The van der Waals surface area contributed by atoms with E-state index in [1.165, 1.54) is 11.3 Å². The molecule has 4 aromatic rings. The maximum absolute atomic E-state index is 13.1. The Morgan fingerprint density at radius 3 is 2.36 bits per heavy atom. The van der Waals surface area contributed by atoms with Crippen molar-refractivity contribution in [1.82, 2.24) is 9.55 Å². The fourth-order valence-corrected chi connectivity index (χ4v) is 4.04. The summed E-state index contributed by atoms with van der Waals surface area (Å²) in [7, 11) is 0. The summed E-state index contributed by atoms with van der Waals surface area (Å²) in [4.78, 5) is 17.6. The zero-order valence-electron chi connectivity index (χ0n) is 14.8. The van der Waals surface area contributed by atoms with Crippen LogP contribution >= 0.6 is 11.3 Å². The number of pyridine rings is 1. The largest absolute Gasteiger partial charge is 0.384 e. The first kappa shape index (κ1) is 17.5. The first-order chi connectivity index (χ1) is 13.5. The molecule has 2 aromatic heterocycles. The van der Waals surface area contributed by atoms with Gasteiger partial charge in [0.25, 0.3) is 5.56 Å². The molecule has 0 aliphatic rings. The number of hydrogen-bond donors (Lipinski definition) is 1. The van der Waals surface area contributed by atoms with Gasteiger partial charge in [-0.15, -0.1) is 0 Å². The van der Waals surface area contributed by atoms with Gasteiger partial charge < -0.3 is 5.73 Å². The maximum atomic E-state index is 13.1. The van der Waals surface area contributed by atoms with Crippen molar-refractivity contribution in [3.8, 4) is 28.4 Å². The number of nitrogen functional groups attached to an aromatic ring is 1. The van der Waals surface area contributed by atoms with Crippen molar-refractivity contribution in [2.45, 2.75) is 6.92 Å². The van der Waals surface area contributed by atoms with Gasteiger partial charge in [-0.05, 0) is 24.6 Å². The Bertz CT molecular complexity index is 1330. The van der Waals surface area contributed by atoms with E-state index < -0.39 is 5.56 Å². The molecule has 0 fully saturated rings. The number of thiazole rings is 1. The molecule has 7 heteroatoms. The number of aromatic nitrogens is 2. The lowest BCUT2D eigenvalue weighted by atomic mass is 9.96. The minimum Gasteiger partial charge on any atom is -0.384 e. The van der Waals surface area contributed by atoms with Crippen molar-refractivity contribution in [1.29, 1.82) is 10.5 Å². The highest BCUT2D eigenvalue weighted by atomic mass is 32.1. The molecule has 134 valence electrons. The number of fused-ring (bicyclic) bond motifs is 1. The van der Waals surface area contributed by atoms with E-state index in [-0.39, 0.29) is 22.5 Å². The fraction of sp³-hybridized carbons (Fsp3) is 0.0476. The van der Waals surface area contributed by atoms with Crippen LogP contribution in [0.4, 0.5) is 5.82 Å². The molecule has 0 radical (unpaired) electrons. The van der Waals surface area contributed by atoms with Crippen molar-refractivity contribution >= 4 is 27.4 Å². The first-order valence-electron chi connectivity index (χ1n) is 8.37. The molecule has 0 atom stereocenters. The van der Waals surface area contributed by atoms with Crippen LogP contribution in [0.1, 0.15) is 16.7 Å². The second-order valence-corrected chi connectivity index (χ2v) is 7.21. The molecule has 4 rings (SSSR count). The zero-order chi connectivity index (χ0) is 19.8.